The van der Waals surface area contributed by atoms with Crippen molar-refractivity contribution in [1.82, 2.24) is 9.62 Å². The lowest BCUT2D eigenvalue weighted by atomic mass is 10.1. The molecule has 6 heteroatoms. The van der Waals surface area contributed by atoms with Gasteiger partial charge in [0, 0.05) is 25.7 Å². The molecule has 4 nitrogen and oxygen atoms in total. The van der Waals surface area contributed by atoms with Crippen molar-refractivity contribution in [3.05, 3.63) is 29.1 Å². The summed E-state index contributed by atoms with van der Waals surface area (Å²) in [7, 11) is -2.14. The molecule has 1 aromatic rings. The first-order valence-corrected chi connectivity index (χ1v) is 8.24. The molecule has 1 N–H and O–H groups in total. The van der Waals surface area contributed by atoms with Crippen LogP contribution in [-0.4, -0.2) is 32.9 Å². The largest absolute Gasteiger partial charge is 0.313 e. The third-order valence-electron chi connectivity index (χ3n) is 3.25. The molecule has 0 aromatic heterocycles. The van der Waals surface area contributed by atoms with Crippen molar-refractivity contribution in [1.29, 1.82) is 0 Å². The second kappa shape index (κ2) is 7.15. The van der Waals surface area contributed by atoms with Crippen molar-refractivity contribution >= 4 is 10.0 Å². The third kappa shape index (κ3) is 3.77. The molecule has 1 rings (SSSR count). The molecule has 0 unspecified atom stereocenters. The minimum absolute atomic E-state index is 0.0511. The number of nitrogens with zero attached hydrogens (tertiary/aromatic N) is 1. The summed E-state index contributed by atoms with van der Waals surface area (Å²) in [5, 5.41) is 3.14. The monoisotopic (exact) mass is 302 g/mol. The molecule has 0 aliphatic rings. The number of nitrogens with one attached hydrogen (secondary N) is 1. The summed E-state index contributed by atoms with van der Waals surface area (Å²) < 4.78 is 39.9. The first-order valence-electron chi connectivity index (χ1n) is 6.80. The van der Waals surface area contributed by atoms with E-state index in [2.05, 4.69) is 5.32 Å². The fourth-order valence-electron chi connectivity index (χ4n) is 1.82. The number of benzene rings is 1. The Morgan fingerprint density at radius 3 is 2.50 bits per heavy atom. The molecule has 0 amide bonds. The molecule has 0 aliphatic carbocycles. The highest BCUT2D eigenvalue weighted by molar-refractivity contribution is 7.89. The van der Waals surface area contributed by atoms with Crippen molar-refractivity contribution in [2.24, 2.45) is 0 Å². The number of rotatable bonds is 7. The van der Waals surface area contributed by atoms with Gasteiger partial charge in [0.25, 0.3) is 0 Å². The fourth-order valence-corrected chi connectivity index (χ4v) is 3.28. The molecule has 0 bridgehead atoms. The number of hydrogen-bond donors (Lipinski definition) is 1. The summed E-state index contributed by atoms with van der Waals surface area (Å²) >= 11 is 0. The Hall–Kier alpha value is -0.980. The lowest BCUT2D eigenvalue weighted by Crippen LogP contribution is -2.27. The maximum atomic E-state index is 13.9. The quantitative estimate of drug-likeness (QED) is 0.786. The predicted octanol–water partition coefficient (Wildman–Crippen LogP) is 2.27. The van der Waals surface area contributed by atoms with E-state index in [1.165, 1.54) is 24.3 Å². The van der Waals surface area contributed by atoms with Gasteiger partial charge >= 0.3 is 0 Å². The van der Waals surface area contributed by atoms with Crippen molar-refractivity contribution in [3.63, 3.8) is 0 Å². The minimum atomic E-state index is -3.63. The van der Waals surface area contributed by atoms with E-state index in [1.807, 2.05) is 6.92 Å². The van der Waals surface area contributed by atoms with Gasteiger partial charge in [-0.3, -0.25) is 0 Å². The molecule has 0 aliphatic heterocycles. The van der Waals surface area contributed by atoms with Crippen LogP contribution in [0.5, 0.6) is 0 Å². The van der Waals surface area contributed by atoms with E-state index < -0.39 is 15.8 Å². The van der Waals surface area contributed by atoms with Crippen LogP contribution in [0.4, 0.5) is 4.39 Å². The molecular weight excluding hydrogens is 279 g/mol. The summed E-state index contributed by atoms with van der Waals surface area (Å²) in [5.74, 6) is -0.483. The van der Waals surface area contributed by atoms with E-state index in [1.54, 1.807) is 13.0 Å². The van der Waals surface area contributed by atoms with Gasteiger partial charge in [-0.25, -0.2) is 17.1 Å². The van der Waals surface area contributed by atoms with Crippen molar-refractivity contribution in [2.75, 3.05) is 20.1 Å². The molecule has 0 atom stereocenters. The van der Waals surface area contributed by atoms with Gasteiger partial charge in [0.2, 0.25) is 10.0 Å². The molecular formula is C14H23FN2O2S. The second-order valence-corrected chi connectivity index (χ2v) is 6.81. The molecule has 0 saturated heterocycles. The Morgan fingerprint density at radius 1 is 1.30 bits per heavy atom. The standard InChI is InChI=1S/C14H23FN2O2S/c1-5-7-16-10-12-8-13(15)11(3)14(9-12)20(18,19)17(4)6-2/h8-9,16H,5-7,10H2,1-4H3. The Labute approximate surface area is 121 Å². The molecule has 0 saturated carbocycles. The Balaban J connectivity index is 3.19. The maximum absolute atomic E-state index is 13.9. The maximum Gasteiger partial charge on any atom is 0.243 e. The van der Waals surface area contributed by atoms with Gasteiger partial charge in [-0.1, -0.05) is 13.8 Å². The Bertz CT molecular complexity index is 559. The molecule has 114 valence electrons. The summed E-state index contributed by atoms with van der Waals surface area (Å²) in [6.45, 7) is 6.90. The van der Waals surface area contributed by atoms with Gasteiger partial charge in [-0.2, -0.15) is 0 Å². The highest BCUT2D eigenvalue weighted by Gasteiger charge is 2.23. The van der Waals surface area contributed by atoms with Crippen LogP contribution in [0, 0.1) is 12.7 Å². The normalized spacial score (nSPS) is 12.1. The minimum Gasteiger partial charge on any atom is -0.313 e. The topological polar surface area (TPSA) is 49.4 Å². The molecule has 0 fully saturated rings. The van der Waals surface area contributed by atoms with Crippen LogP contribution in [0.3, 0.4) is 0 Å². The van der Waals surface area contributed by atoms with Crippen molar-refractivity contribution in [3.8, 4) is 0 Å². The van der Waals surface area contributed by atoms with Crippen molar-refractivity contribution in [2.45, 2.75) is 38.6 Å². The first-order chi connectivity index (χ1) is 9.34. The SMILES string of the molecule is CCCNCc1cc(F)c(C)c(S(=O)(=O)N(C)CC)c1. The fraction of sp³-hybridized carbons (Fsp3) is 0.571. The van der Waals surface area contributed by atoms with E-state index in [0.717, 1.165) is 13.0 Å². The van der Waals surface area contributed by atoms with E-state index in [4.69, 9.17) is 0 Å². The summed E-state index contributed by atoms with van der Waals surface area (Å²) in [6.07, 6.45) is 0.970. The summed E-state index contributed by atoms with van der Waals surface area (Å²) in [5.41, 5.74) is 0.814. The lowest BCUT2D eigenvalue weighted by Gasteiger charge is -2.18. The van der Waals surface area contributed by atoms with Crippen molar-refractivity contribution < 1.29 is 12.8 Å². The number of sulfonamides is 1. The molecule has 0 heterocycles. The van der Waals surface area contributed by atoms with Gasteiger partial charge < -0.3 is 5.32 Å². The smallest absolute Gasteiger partial charge is 0.243 e. The molecule has 0 spiro atoms. The van der Waals surface area contributed by atoms with Crippen LogP contribution >= 0.6 is 0 Å². The van der Waals surface area contributed by atoms with Gasteiger partial charge in [0.15, 0.2) is 0 Å². The van der Waals surface area contributed by atoms with E-state index >= 15 is 0 Å². The van der Waals surface area contributed by atoms with Gasteiger partial charge in [-0.05, 0) is 37.6 Å². The average molecular weight is 302 g/mol. The van der Waals surface area contributed by atoms with Crippen LogP contribution < -0.4 is 5.32 Å². The Kier molecular flexibility index (Phi) is 6.10. The van der Waals surface area contributed by atoms with Crippen LogP contribution in [0.1, 0.15) is 31.4 Å². The summed E-state index contributed by atoms with van der Waals surface area (Å²) in [6, 6.07) is 2.95. The molecule has 0 radical (unpaired) electrons. The van der Waals surface area contributed by atoms with Gasteiger partial charge in [-0.15, -0.1) is 0 Å². The average Bonchev–Trinajstić information content (AvgIpc) is 2.41. The predicted molar refractivity (Wildman–Crippen MR) is 78.6 cm³/mol. The third-order valence-corrected chi connectivity index (χ3v) is 5.30. The van der Waals surface area contributed by atoms with E-state index in [-0.39, 0.29) is 10.5 Å². The highest BCUT2D eigenvalue weighted by atomic mass is 32.2. The zero-order chi connectivity index (χ0) is 15.3. The zero-order valence-electron chi connectivity index (χ0n) is 12.5. The van der Waals surface area contributed by atoms with Gasteiger partial charge in [0.1, 0.15) is 5.82 Å². The highest BCUT2D eigenvalue weighted by Crippen LogP contribution is 2.23. The number of halogens is 1. The zero-order valence-corrected chi connectivity index (χ0v) is 13.3. The van der Waals surface area contributed by atoms with Crippen LogP contribution in [0.25, 0.3) is 0 Å². The van der Waals surface area contributed by atoms with E-state index in [0.29, 0.717) is 18.7 Å². The van der Waals surface area contributed by atoms with Crippen LogP contribution in [-0.2, 0) is 16.6 Å². The van der Waals surface area contributed by atoms with Gasteiger partial charge in [0.05, 0.1) is 4.90 Å². The molecule has 1 aromatic carbocycles. The number of hydrogen-bond acceptors (Lipinski definition) is 3. The summed E-state index contributed by atoms with van der Waals surface area (Å²) in [4.78, 5) is 0.0511. The lowest BCUT2D eigenvalue weighted by molar-refractivity contribution is 0.484. The second-order valence-electron chi connectivity index (χ2n) is 4.80. The molecule has 20 heavy (non-hydrogen) atoms. The van der Waals surface area contributed by atoms with Crippen LogP contribution in [0.15, 0.2) is 17.0 Å². The first kappa shape index (κ1) is 17.1. The van der Waals surface area contributed by atoms with E-state index in [9.17, 15) is 12.8 Å². The Morgan fingerprint density at radius 2 is 1.95 bits per heavy atom. The van der Waals surface area contributed by atoms with Crippen LogP contribution in [0.2, 0.25) is 0 Å².